The van der Waals surface area contributed by atoms with Crippen molar-refractivity contribution in [2.45, 2.75) is 117 Å². The number of amides is 5. The number of rotatable bonds is 10. The fraction of sp³-hybridized carbons (Fsp3) is 0.571. The molecule has 2 saturated heterocycles. The van der Waals surface area contributed by atoms with Crippen LogP contribution in [-0.2, 0) is 57.8 Å². The van der Waals surface area contributed by atoms with Gasteiger partial charge in [0.15, 0.2) is 0 Å². The lowest BCUT2D eigenvalue weighted by molar-refractivity contribution is -0.155. The van der Waals surface area contributed by atoms with Crippen molar-refractivity contribution < 1.29 is 38.2 Å². The van der Waals surface area contributed by atoms with Crippen LogP contribution in [0.4, 0.5) is 0 Å². The van der Waals surface area contributed by atoms with E-state index in [9.17, 15) is 28.8 Å². The van der Waals surface area contributed by atoms with Crippen molar-refractivity contribution in [3.63, 3.8) is 0 Å². The first kappa shape index (κ1) is 48.8. The average Bonchev–Trinajstić information content (AvgIpc) is 3.91. The smallest absolute Gasteiger partial charge is 0.324 e. The van der Waals surface area contributed by atoms with Crippen molar-refractivity contribution in [1.29, 1.82) is 0 Å². The van der Waals surface area contributed by atoms with Crippen molar-refractivity contribution in [1.82, 2.24) is 40.0 Å². The van der Waals surface area contributed by atoms with E-state index in [-0.39, 0.29) is 62.3 Å². The van der Waals surface area contributed by atoms with Gasteiger partial charge in [0, 0.05) is 88.4 Å². The van der Waals surface area contributed by atoms with Gasteiger partial charge in [0.05, 0.1) is 30.0 Å². The number of hydrazine groups is 1. The Kier molecular flexibility index (Phi) is 15.6. The van der Waals surface area contributed by atoms with E-state index in [0.29, 0.717) is 45.3 Å². The Bertz CT molecular complexity index is 2290. The molecule has 4 bridgehead atoms. The lowest BCUT2D eigenvalue weighted by Gasteiger charge is -2.37. The second kappa shape index (κ2) is 20.7. The molecule has 352 valence electrons. The predicted molar refractivity (Wildman–Crippen MR) is 247 cm³/mol. The molecule has 0 saturated carbocycles. The molecule has 0 radical (unpaired) electrons. The van der Waals surface area contributed by atoms with E-state index in [0.717, 1.165) is 39.0 Å². The number of pyridine rings is 1. The van der Waals surface area contributed by atoms with E-state index < -0.39 is 47.2 Å². The number of esters is 1. The first-order chi connectivity index (χ1) is 30.9. The summed E-state index contributed by atoms with van der Waals surface area (Å²) in [4.78, 5) is 92.1. The Labute approximate surface area is 383 Å². The number of nitrogens with one attached hydrogen (secondary N) is 2. The maximum Gasteiger partial charge on any atom is 0.324 e. The van der Waals surface area contributed by atoms with Crippen molar-refractivity contribution in [3.05, 3.63) is 66.0 Å². The van der Waals surface area contributed by atoms with Gasteiger partial charge in [-0.15, -0.1) is 0 Å². The Morgan fingerprint density at radius 2 is 1.86 bits per heavy atom. The van der Waals surface area contributed by atoms with Crippen LogP contribution in [0.25, 0.3) is 22.2 Å². The number of likely N-dealkylation sites (N-methyl/N-ethyl adjacent to an activating group) is 1. The van der Waals surface area contributed by atoms with Crippen LogP contribution >= 0.6 is 0 Å². The summed E-state index contributed by atoms with van der Waals surface area (Å²) in [7, 11) is 4.96. The first-order valence-corrected chi connectivity index (χ1v) is 23.0. The highest BCUT2D eigenvalue weighted by molar-refractivity contribution is 5.95. The second-order valence-corrected chi connectivity index (χ2v) is 19.0. The fourth-order valence-corrected chi connectivity index (χ4v) is 9.62. The zero-order chi connectivity index (χ0) is 47.3. The van der Waals surface area contributed by atoms with Crippen LogP contribution in [0.5, 0.6) is 0 Å². The number of cyclic esters (lactones) is 1. The molecule has 1 aromatic carbocycles. The molecule has 65 heavy (non-hydrogen) atoms. The van der Waals surface area contributed by atoms with Gasteiger partial charge in [-0.05, 0) is 93.3 Å². The van der Waals surface area contributed by atoms with Gasteiger partial charge in [-0.1, -0.05) is 40.3 Å². The third-order valence-corrected chi connectivity index (χ3v) is 13.2. The van der Waals surface area contributed by atoms with Gasteiger partial charge in [-0.3, -0.25) is 38.8 Å². The number of fused-ring (bicyclic) bond motifs is 3. The minimum Gasteiger partial charge on any atom is -0.464 e. The second-order valence-electron chi connectivity index (χ2n) is 19.0. The van der Waals surface area contributed by atoms with E-state index in [1.165, 1.54) is 16.0 Å². The van der Waals surface area contributed by atoms with E-state index in [4.69, 9.17) is 14.5 Å². The van der Waals surface area contributed by atoms with Gasteiger partial charge in [0.25, 0.3) is 5.91 Å². The number of hydrogen-bond acceptors (Lipinski definition) is 10. The molecular weight excluding hydrogens is 829 g/mol. The number of aromatic nitrogens is 2. The van der Waals surface area contributed by atoms with Gasteiger partial charge >= 0.3 is 5.97 Å². The number of methoxy groups -OCH3 is 1. The van der Waals surface area contributed by atoms with E-state index >= 15 is 0 Å². The maximum atomic E-state index is 14.5. The number of nitrogens with zero attached hydrogens (tertiary/aromatic N) is 6. The highest BCUT2D eigenvalue weighted by Gasteiger charge is 2.40. The number of benzene rings is 1. The molecule has 2 fully saturated rings. The van der Waals surface area contributed by atoms with E-state index in [2.05, 4.69) is 60.9 Å². The Hall–Kier alpha value is -5.61. The highest BCUT2D eigenvalue weighted by Crippen LogP contribution is 2.41. The zero-order valence-electron chi connectivity index (χ0n) is 39.6. The average molecular weight is 897 g/mol. The summed E-state index contributed by atoms with van der Waals surface area (Å²) < 4.78 is 14.2. The van der Waals surface area contributed by atoms with Crippen LogP contribution in [0.15, 0.2) is 49.2 Å². The molecule has 16 heteroatoms. The largest absolute Gasteiger partial charge is 0.464 e. The third kappa shape index (κ3) is 10.8. The summed E-state index contributed by atoms with van der Waals surface area (Å²) in [5.41, 5.74) is 8.32. The van der Waals surface area contributed by atoms with E-state index in [1.807, 2.05) is 32.9 Å². The van der Waals surface area contributed by atoms with Gasteiger partial charge in [0.1, 0.15) is 18.1 Å². The quantitative estimate of drug-likeness (QED) is 0.213. The standard InChI is InChI=1S/C49H68N8O8/c1-11-40(58)55-24-21-33(28-55)46(61)54(9)43(30(3)4)45(60)51-37-18-20-41(59)53(8)27-32-17-19-39-35(25-32)36(44(56(39)12-2)34-15-13-22-50-42(34)31(5)64-10)26-49(6,7)29-65-48(63)38-16-14-23-57(52-38)47(37)62/h11,13,15,17,19,22,25,30-31,33,37-38,43,52H,1,12,14,16,18,20-21,23-24,26-29H2,2-10H3,(H,51,60)/t31-,33+,37-,38-,43?/m0/s1. The van der Waals surface area contributed by atoms with Crippen LogP contribution in [0.3, 0.4) is 0 Å². The summed E-state index contributed by atoms with van der Waals surface area (Å²) in [5, 5.41) is 5.29. The first-order valence-electron chi connectivity index (χ1n) is 23.0. The summed E-state index contributed by atoms with van der Waals surface area (Å²) >= 11 is 0. The lowest BCUT2D eigenvalue weighted by Crippen LogP contribution is -2.62. The molecule has 2 aromatic heterocycles. The van der Waals surface area contributed by atoms with Gasteiger partial charge in [-0.25, -0.2) is 5.43 Å². The van der Waals surface area contributed by atoms with Crippen LogP contribution in [0, 0.1) is 17.3 Å². The molecular formula is C49H68N8O8. The van der Waals surface area contributed by atoms with Crippen molar-refractivity contribution >= 4 is 46.4 Å². The van der Waals surface area contributed by atoms with Crippen molar-refractivity contribution in [2.24, 2.45) is 17.3 Å². The monoisotopic (exact) mass is 897 g/mol. The minimum atomic E-state index is -1.16. The lowest BCUT2D eigenvalue weighted by atomic mass is 9.84. The fourth-order valence-electron chi connectivity index (χ4n) is 9.62. The summed E-state index contributed by atoms with van der Waals surface area (Å²) in [5.74, 6) is -3.13. The Morgan fingerprint density at radius 1 is 1.11 bits per heavy atom. The number of carbonyl (C=O) groups excluding carboxylic acids is 6. The summed E-state index contributed by atoms with van der Waals surface area (Å²) in [6.45, 7) is 17.4. The molecule has 5 heterocycles. The molecule has 3 aliphatic rings. The number of carbonyl (C=O) groups is 6. The zero-order valence-corrected chi connectivity index (χ0v) is 39.6. The molecule has 5 atom stereocenters. The van der Waals surface area contributed by atoms with Crippen molar-refractivity contribution in [2.75, 3.05) is 47.4 Å². The number of hydrogen-bond donors (Lipinski definition) is 2. The molecule has 1 unspecified atom stereocenters. The molecule has 5 amide bonds. The molecule has 0 spiro atoms. The molecule has 2 N–H and O–H groups in total. The van der Waals surface area contributed by atoms with Gasteiger partial charge < -0.3 is 34.1 Å². The maximum absolute atomic E-state index is 14.5. The highest BCUT2D eigenvalue weighted by atomic mass is 16.5. The molecule has 16 nitrogen and oxygen atoms in total. The summed E-state index contributed by atoms with van der Waals surface area (Å²) in [6.07, 6.45) is 4.55. The normalized spacial score (nSPS) is 22.0. The van der Waals surface area contributed by atoms with E-state index in [1.54, 1.807) is 37.2 Å². The Balaban J connectivity index is 1.33. The number of aryl methyl sites for hydroxylation is 1. The van der Waals surface area contributed by atoms with Crippen LogP contribution < -0.4 is 10.7 Å². The number of likely N-dealkylation sites (tertiary alicyclic amines) is 1. The van der Waals surface area contributed by atoms with Gasteiger partial charge in [0.2, 0.25) is 23.6 Å². The number of ether oxygens (including phenoxy) is 2. The van der Waals surface area contributed by atoms with Crippen LogP contribution in [-0.4, -0.2) is 130 Å². The molecule has 3 aromatic rings. The summed E-state index contributed by atoms with van der Waals surface area (Å²) in [6, 6.07) is 7.31. The van der Waals surface area contributed by atoms with Crippen molar-refractivity contribution in [3.8, 4) is 11.3 Å². The van der Waals surface area contributed by atoms with Crippen LogP contribution in [0.1, 0.15) is 96.6 Å². The molecule has 6 rings (SSSR count). The predicted octanol–water partition coefficient (Wildman–Crippen LogP) is 4.79. The SMILES string of the molecule is C=CC(=O)N1CC[C@@H](C(=O)N(C)C(C(=O)N[C@H]2CCC(=O)N(C)Cc3ccc4c(c3)c(c(-c3cccnc3[C@H](C)OC)n4CC)CC(C)(C)COC(=O)[C@@H]3CCCN(N3)C2=O)C(C)C)C1. The topological polar surface area (TPSA) is 176 Å². The minimum absolute atomic E-state index is 0.0296. The molecule has 3 aliphatic heterocycles. The third-order valence-electron chi connectivity index (χ3n) is 13.2. The molecule has 0 aliphatic carbocycles. The van der Waals surface area contributed by atoms with Gasteiger partial charge in [-0.2, -0.15) is 0 Å². The Morgan fingerprint density at radius 3 is 2.55 bits per heavy atom. The van der Waals surface area contributed by atoms with Crippen LogP contribution in [0.2, 0.25) is 0 Å².